The number of carbonyl (C=O) groups excluding carboxylic acids is 1. The first kappa shape index (κ1) is 13.6. The number of hydrogen-bond donors (Lipinski definition) is 1. The molecule has 5 nitrogen and oxygen atoms in total. The van der Waals surface area contributed by atoms with Crippen molar-refractivity contribution in [1.29, 1.82) is 0 Å². The lowest BCUT2D eigenvalue weighted by atomic mass is 10.1. The van der Waals surface area contributed by atoms with Crippen LogP contribution in [0.3, 0.4) is 0 Å². The van der Waals surface area contributed by atoms with Crippen LogP contribution in [0.4, 0.5) is 0 Å². The molecule has 0 aliphatic carbocycles. The molecule has 1 heterocycles. The molecule has 1 aromatic heterocycles. The van der Waals surface area contributed by atoms with E-state index in [4.69, 9.17) is 5.11 Å². The van der Waals surface area contributed by atoms with Crippen molar-refractivity contribution in [3.05, 3.63) is 23.0 Å². The summed E-state index contributed by atoms with van der Waals surface area (Å²) >= 11 is 0. The average molecular weight is 237 g/mol. The fourth-order valence-electron chi connectivity index (χ4n) is 1.64. The van der Waals surface area contributed by atoms with Crippen molar-refractivity contribution in [2.75, 3.05) is 19.7 Å². The average Bonchev–Trinajstić information content (AvgIpc) is 2.31. The number of hydrogen-bond acceptors (Lipinski definition) is 4. The molecule has 0 saturated carbocycles. The lowest BCUT2D eigenvalue weighted by molar-refractivity contribution is 0.0720. The normalized spacial score (nSPS) is 10.4. The van der Waals surface area contributed by atoms with Gasteiger partial charge in [0.15, 0.2) is 0 Å². The van der Waals surface area contributed by atoms with E-state index in [1.54, 1.807) is 24.8 Å². The highest BCUT2D eigenvalue weighted by Gasteiger charge is 2.17. The smallest absolute Gasteiger partial charge is 0.255 e. The minimum atomic E-state index is -0.0867. The van der Waals surface area contributed by atoms with E-state index in [0.29, 0.717) is 24.3 Å². The molecule has 0 radical (unpaired) electrons. The molecule has 0 aromatic carbocycles. The third-order valence-electron chi connectivity index (χ3n) is 2.48. The van der Waals surface area contributed by atoms with Crippen molar-refractivity contribution in [2.45, 2.75) is 27.2 Å². The second-order valence-electron chi connectivity index (χ2n) is 4.00. The Morgan fingerprint density at radius 1 is 1.35 bits per heavy atom. The first-order valence-electron chi connectivity index (χ1n) is 5.81. The Bertz CT molecular complexity index is 387. The van der Waals surface area contributed by atoms with E-state index in [0.717, 1.165) is 12.1 Å². The predicted octanol–water partition coefficient (Wildman–Crippen LogP) is 0.938. The van der Waals surface area contributed by atoms with Crippen LogP contribution in [0.1, 0.15) is 35.1 Å². The van der Waals surface area contributed by atoms with Crippen LogP contribution in [0, 0.1) is 13.8 Å². The minimum absolute atomic E-state index is 0.0255. The van der Waals surface area contributed by atoms with Crippen molar-refractivity contribution >= 4 is 5.91 Å². The molecular formula is C12H19N3O2. The summed E-state index contributed by atoms with van der Waals surface area (Å²) in [5.41, 5.74) is 1.92. The van der Waals surface area contributed by atoms with E-state index < -0.39 is 0 Å². The van der Waals surface area contributed by atoms with Crippen LogP contribution in [0.25, 0.3) is 0 Å². The zero-order valence-electron chi connectivity index (χ0n) is 10.6. The van der Waals surface area contributed by atoms with Gasteiger partial charge in [0, 0.05) is 13.1 Å². The molecule has 0 atom stereocenters. The maximum absolute atomic E-state index is 12.2. The molecule has 0 spiro atoms. The Morgan fingerprint density at radius 3 is 2.65 bits per heavy atom. The van der Waals surface area contributed by atoms with Gasteiger partial charge in [-0.3, -0.25) is 4.79 Å². The first-order chi connectivity index (χ1) is 8.10. The zero-order chi connectivity index (χ0) is 12.8. The molecule has 94 valence electrons. The van der Waals surface area contributed by atoms with Gasteiger partial charge >= 0.3 is 0 Å². The summed E-state index contributed by atoms with van der Waals surface area (Å²) in [6.45, 7) is 6.54. The monoisotopic (exact) mass is 237 g/mol. The molecule has 1 N–H and O–H groups in total. The molecule has 0 aliphatic rings. The van der Waals surface area contributed by atoms with E-state index in [1.807, 2.05) is 6.92 Å². The molecule has 0 unspecified atom stereocenters. The molecule has 1 rings (SSSR count). The van der Waals surface area contributed by atoms with E-state index in [-0.39, 0.29) is 12.5 Å². The number of amides is 1. The van der Waals surface area contributed by atoms with E-state index in [1.165, 1.54) is 0 Å². The number of aromatic nitrogens is 2. The molecule has 0 aliphatic heterocycles. The zero-order valence-corrected chi connectivity index (χ0v) is 10.6. The van der Waals surface area contributed by atoms with Crippen molar-refractivity contribution in [2.24, 2.45) is 0 Å². The van der Waals surface area contributed by atoms with Crippen molar-refractivity contribution < 1.29 is 9.90 Å². The third-order valence-corrected chi connectivity index (χ3v) is 2.48. The van der Waals surface area contributed by atoms with Gasteiger partial charge in [0.1, 0.15) is 0 Å². The molecule has 17 heavy (non-hydrogen) atoms. The number of nitrogens with zero attached hydrogens (tertiary/aromatic N) is 3. The Morgan fingerprint density at radius 2 is 2.06 bits per heavy atom. The van der Waals surface area contributed by atoms with Gasteiger partial charge in [-0.2, -0.15) is 10.2 Å². The summed E-state index contributed by atoms with van der Waals surface area (Å²) in [4.78, 5) is 13.9. The van der Waals surface area contributed by atoms with E-state index >= 15 is 0 Å². The number of rotatable bonds is 5. The molecule has 0 bridgehead atoms. The summed E-state index contributed by atoms with van der Waals surface area (Å²) in [7, 11) is 0. The van der Waals surface area contributed by atoms with Gasteiger partial charge in [0.05, 0.1) is 23.6 Å². The second kappa shape index (κ2) is 6.30. The maximum Gasteiger partial charge on any atom is 0.255 e. The predicted molar refractivity (Wildman–Crippen MR) is 64.8 cm³/mol. The number of aliphatic hydroxyl groups is 1. The van der Waals surface area contributed by atoms with Crippen molar-refractivity contribution in [3.8, 4) is 0 Å². The third kappa shape index (κ3) is 3.49. The SMILES string of the molecule is CCCN(CCO)C(=O)c1cc(C)nnc1C. The van der Waals surface area contributed by atoms with Crippen molar-refractivity contribution in [3.63, 3.8) is 0 Å². The standard InChI is InChI=1S/C12H19N3O2/c1-4-5-15(6-7-16)12(17)11-8-9(2)13-14-10(11)3/h8,16H,4-7H2,1-3H3. The summed E-state index contributed by atoms with van der Waals surface area (Å²) in [5.74, 6) is -0.0867. The van der Waals surface area contributed by atoms with Gasteiger partial charge in [-0.05, 0) is 26.3 Å². The lowest BCUT2D eigenvalue weighted by Gasteiger charge is -2.21. The highest BCUT2D eigenvalue weighted by molar-refractivity contribution is 5.95. The molecule has 1 amide bonds. The molecule has 5 heteroatoms. The first-order valence-corrected chi connectivity index (χ1v) is 5.81. The molecule has 0 fully saturated rings. The number of carbonyl (C=O) groups is 1. The Labute approximate surface area is 101 Å². The minimum Gasteiger partial charge on any atom is -0.395 e. The highest BCUT2D eigenvalue weighted by Crippen LogP contribution is 2.09. The fourth-order valence-corrected chi connectivity index (χ4v) is 1.64. The van der Waals surface area contributed by atoms with Gasteiger partial charge in [-0.1, -0.05) is 6.92 Å². The van der Waals surface area contributed by atoms with Crippen LogP contribution in [-0.4, -0.2) is 45.8 Å². The molecular weight excluding hydrogens is 218 g/mol. The quantitative estimate of drug-likeness (QED) is 0.827. The van der Waals surface area contributed by atoms with Crippen LogP contribution < -0.4 is 0 Å². The largest absolute Gasteiger partial charge is 0.395 e. The van der Waals surface area contributed by atoms with Gasteiger partial charge in [0.25, 0.3) is 5.91 Å². The summed E-state index contributed by atoms with van der Waals surface area (Å²) in [6, 6.07) is 1.74. The molecule has 0 saturated heterocycles. The topological polar surface area (TPSA) is 66.3 Å². The van der Waals surface area contributed by atoms with E-state index in [2.05, 4.69) is 10.2 Å². The Kier molecular flexibility index (Phi) is 5.03. The number of aliphatic hydroxyl groups excluding tert-OH is 1. The van der Waals surface area contributed by atoms with Crippen LogP contribution in [0.15, 0.2) is 6.07 Å². The fraction of sp³-hybridized carbons (Fsp3) is 0.583. The Balaban J connectivity index is 2.95. The van der Waals surface area contributed by atoms with Crippen molar-refractivity contribution in [1.82, 2.24) is 15.1 Å². The van der Waals surface area contributed by atoms with Gasteiger partial charge < -0.3 is 10.0 Å². The summed E-state index contributed by atoms with van der Waals surface area (Å²) in [6.07, 6.45) is 0.863. The summed E-state index contributed by atoms with van der Waals surface area (Å²) in [5, 5.41) is 16.8. The van der Waals surface area contributed by atoms with Crippen LogP contribution in [-0.2, 0) is 0 Å². The molecule has 1 aromatic rings. The number of aryl methyl sites for hydroxylation is 2. The van der Waals surface area contributed by atoms with Crippen LogP contribution >= 0.6 is 0 Å². The van der Waals surface area contributed by atoms with Crippen LogP contribution in [0.2, 0.25) is 0 Å². The van der Waals surface area contributed by atoms with Crippen LogP contribution in [0.5, 0.6) is 0 Å². The lowest BCUT2D eigenvalue weighted by Crippen LogP contribution is -2.34. The maximum atomic E-state index is 12.2. The van der Waals surface area contributed by atoms with Gasteiger partial charge in [-0.15, -0.1) is 0 Å². The Hall–Kier alpha value is -1.49. The second-order valence-corrected chi connectivity index (χ2v) is 4.00. The highest BCUT2D eigenvalue weighted by atomic mass is 16.3. The van der Waals surface area contributed by atoms with E-state index in [9.17, 15) is 4.79 Å². The van der Waals surface area contributed by atoms with Gasteiger partial charge in [0.2, 0.25) is 0 Å². The van der Waals surface area contributed by atoms with Gasteiger partial charge in [-0.25, -0.2) is 0 Å². The summed E-state index contributed by atoms with van der Waals surface area (Å²) < 4.78 is 0.